The molecule has 0 aliphatic carbocycles. The van der Waals surface area contributed by atoms with Gasteiger partial charge in [-0.3, -0.25) is 28.8 Å². The van der Waals surface area contributed by atoms with E-state index in [1.165, 1.54) is 0 Å². The molecule has 0 fully saturated rings. The highest BCUT2D eigenvalue weighted by atomic mass is 16.6. The van der Waals surface area contributed by atoms with Gasteiger partial charge in [0.15, 0.2) is 0 Å². The van der Waals surface area contributed by atoms with E-state index < -0.39 is 72.9 Å². The summed E-state index contributed by atoms with van der Waals surface area (Å²) in [6, 6.07) is 60.9. The third kappa shape index (κ3) is 34.2. The van der Waals surface area contributed by atoms with Gasteiger partial charge in [-0.2, -0.15) is 0 Å². The molecule has 2 heterocycles. The van der Waals surface area contributed by atoms with E-state index in [0.717, 1.165) is 66.1 Å². The molecule has 30 heteroatoms. The number of pyridine rings is 2. The highest BCUT2D eigenvalue weighted by Crippen LogP contribution is 2.33. The summed E-state index contributed by atoms with van der Waals surface area (Å²) in [6.07, 6.45) is 3.70. The first-order valence-corrected chi connectivity index (χ1v) is 42.3. The molecule has 2 aromatic heterocycles. The highest BCUT2D eigenvalue weighted by molar-refractivity contribution is 5.98. The number of aryl methyl sites for hydroxylation is 2. The van der Waals surface area contributed by atoms with Crippen molar-refractivity contribution in [1.29, 1.82) is 0 Å². The number of carboxylic acids is 2. The third-order valence-corrected chi connectivity index (χ3v) is 19.9. The summed E-state index contributed by atoms with van der Waals surface area (Å²) in [5.41, 5.74) is 8.71. The average molecular weight is 1730 g/mol. The lowest BCUT2D eigenvalue weighted by atomic mass is 9.95. The van der Waals surface area contributed by atoms with E-state index >= 15 is 0 Å². The SMILES string of the molecule is Cc1ccnc(NCCCC(=O)N[C@@H](COCc2ccc(OCCOCCOCCOC(=O)NCCCCNC(=O)OCCOCCOCCOc3ccc(COC[C@H](NC(=O)CCCNc4cc(C)ccn4)C(=O)NC(CC(=O)O)c4ccc(-c5cccc6ccccc56)cc4)cc3)cc2)C(=O)NC(CC(=O)O)c2ccc(-c3cccc4ccccc34)cc2)c1. The largest absolute Gasteiger partial charge is 0.491 e. The zero-order chi connectivity index (χ0) is 88.7. The van der Waals surface area contributed by atoms with E-state index in [4.69, 9.17) is 47.4 Å². The van der Waals surface area contributed by atoms with Crippen molar-refractivity contribution in [3.63, 3.8) is 0 Å². The van der Waals surface area contributed by atoms with Gasteiger partial charge in [0.1, 0.15) is 61.6 Å². The Kier molecular flexibility index (Phi) is 40.1. The maximum absolute atomic E-state index is 14.1. The summed E-state index contributed by atoms with van der Waals surface area (Å²) < 4.78 is 56.4. The number of anilines is 2. The second kappa shape index (κ2) is 53.2. The number of unbranched alkanes of at least 4 members (excludes halogenated alkanes) is 1. The number of nitrogens with zero attached hydrogens (tertiary/aromatic N) is 2. The normalized spacial score (nSPS) is 12.0. The minimum atomic E-state index is -1.15. The summed E-state index contributed by atoms with van der Waals surface area (Å²) in [5.74, 6) is -1.61. The molecular formula is C96H112N10O20. The van der Waals surface area contributed by atoms with Gasteiger partial charge in [-0.25, -0.2) is 19.6 Å². The van der Waals surface area contributed by atoms with Crippen LogP contribution in [0.25, 0.3) is 43.8 Å². The summed E-state index contributed by atoms with van der Waals surface area (Å²) in [7, 11) is 0. The number of benzene rings is 8. The molecule has 0 bridgehead atoms. The molecule has 10 aromatic rings. The molecule has 10 rings (SSSR count). The van der Waals surface area contributed by atoms with Gasteiger partial charge < -0.3 is 100 Å². The Hall–Kier alpha value is -13.1. The second-order valence-electron chi connectivity index (χ2n) is 29.7. The summed E-state index contributed by atoms with van der Waals surface area (Å²) >= 11 is 0. The Bertz CT molecular complexity index is 4740. The first-order chi connectivity index (χ1) is 61.4. The quantitative estimate of drug-likeness (QED) is 0.0158. The summed E-state index contributed by atoms with van der Waals surface area (Å²) in [6.45, 7) is 7.92. The lowest BCUT2D eigenvalue weighted by molar-refractivity contribution is -0.139. The van der Waals surface area contributed by atoms with Crippen molar-refractivity contribution in [2.24, 2.45) is 0 Å². The number of carbonyl (C=O) groups is 8. The van der Waals surface area contributed by atoms with Crippen LogP contribution in [-0.2, 0) is 79.9 Å². The van der Waals surface area contributed by atoms with Gasteiger partial charge >= 0.3 is 24.1 Å². The lowest BCUT2D eigenvalue weighted by Crippen LogP contribution is -2.50. The molecule has 0 spiro atoms. The van der Waals surface area contributed by atoms with Crippen molar-refractivity contribution in [2.45, 2.75) is 103 Å². The van der Waals surface area contributed by atoms with Crippen molar-refractivity contribution in [2.75, 3.05) is 129 Å². The number of aliphatic carboxylic acids is 2. The minimum Gasteiger partial charge on any atom is -0.491 e. The van der Waals surface area contributed by atoms with Crippen LogP contribution < -0.4 is 52.0 Å². The Morgan fingerprint density at radius 2 is 0.746 bits per heavy atom. The Morgan fingerprint density at radius 3 is 1.13 bits per heavy atom. The molecule has 0 radical (unpaired) electrons. The molecule has 0 saturated heterocycles. The Labute approximate surface area is 732 Å². The zero-order valence-electron chi connectivity index (χ0n) is 71.0. The molecule has 10 N–H and O–H groups in total. The lowest BCUT2D eigenvalue weighted by Gasteiger charge is -2.23. The van der Waals surface area contributed by atoms with Crippen LogP contribution in [0.4, 0.5) is 21.2 Å². The van der Waals surface area contributed by atoms with E-state index in [1.807, 2.05) is 196 Å². The van der Waals surface area contributed by atoms with Crippen LogP contribution in [0.1, 0.15) is 96.8 Å². The third-order valence-electron chi connectivity index (χ3n) is 19.9. The Morgan fingerprint density at radius 1 is 0.373 bits per heavy atom. The number of aromatic nitrogens is 2. The molecule has 30 nitrogen and oxygen atoms in total. The molecule has 126 heavy (non-hydrogen) atoms. The number of amides is 6. The van der Waals surface area contributed by atoms with E-state index in [1.54, 1.807) is 36.7 Å². The fraction of sp³-hybridized carbons (Fsp3) is 0.354. The number of rotatable bonds is 57. The number of alkyl carbamates (subject to hydrolysis) is 2. The van der Waals surface area contributed by atoms with Crippen LogP contribution >= 0.6 is 0 Å². The van der Waals surface area contributed by atoms with Gasteiger partial charge in [-0.05, 0) is 165 Å². The van der Waals surface area contributed by atoms with Crippen LogP contribution in [0.3, 0.4) is 0 Å². The van der Waals surface area contributed by atoms with E-state index in [9.17, 15) is 48.6 Å². The predicted molar refractivity (Wildman–Crippen MR) is 477 cm³/mol. The fourth-order valence-corrected chi connectivity index (χ4v) is 13.4. The van der Waals surface area contributed by atoms with Gasteiger partial charge in [0, 0.05) is 51.4 Å². The monoisotopic (exact) mass is 1720 g/mol. The van der Waals surface area contributed by atoms with Gasteiger partial charge in [0.2, 0.25) is 23.6 Å². The average Bonchev–Trinajstić information content (AvgIpc) is 0.803. The molecular weight excluding hydrogens is 1610 g/mol. The van der Waals surface area contributed by atoms with Crippen LogP contribution in [0.2, 0.25) is 0 Å². The summed E-state index contributed by atoms with van der Waals surface area (Å²) in [4.78, 5) is 112. The van der Waals surface area contributed by atoms with Crippen LogP contribution in [0.15, 0.2) is 219 Å². The number of nitrogens with one attached hydrogen (secondary N) is 8. The van der Waals surface area contributed by atoms with Crippen molar-refractivity contribution >= 4 is 80.9 Å². The van der Waals surface area contributed by atoms with Gasteiger partial charge in [0.05, 0.1) is 104 Å². The molecule has 8 aromatic carbocycles. The van der Waals surface area contributed by atoms with Gasteiger partial charge in [0.25, 0.3) is 0 Å². The number of hydrogen-bond donors (Lipinski definition) is 10. The minimum absolute atomic E-state index is 0.0371. The van der Waals surface area contributed by atoms with E-state index in [0.29, 0.717) is 86.1 Å². The predicted octanol–water partition coefficient (Wildman–Crippen LogP) is 12.9. The first-order valence-electron chi connectivity index (χ1n) is 42.3. The Balaban J connectivity index is 0.520. The second-order valence-corrected chi connectivity index (χ2v) is 29.7. The smallest absolute Gasteiger partial charge is 0.407 e. The molecule has 4 atom stereocenters. The topological polar surface area (TPSA) is 391 Å². The van der Waals surface area contributed by atoms with Crippen molar-refractivity contribution in [3.8, 4) is 33.8 Å². The molecule has 666 valence electrons. The molecule has 0 aliphatic rings. The van der Waals surface area contributed by atoms with Crippen LogP contribution in [-0.4, -0.2) is 199 Å². The van der Waals surface area contributed by atoms with Crippen LogP contribution in [0, 0.1) is 13.8 Å². The maximum Gasteiger partial charge on any atom is 0.407 e. The standard InChI is InChI=1S/C96H112N10O20/c1-67-39-45-99-87(59-67)97-43-11-21-89(107)103-85(93(113)105-83(61-91(109)110)75-31-27-73(28-32-75)81-19-9-15-71-13-3-5-17-79(71)81)65-121-63-69-23-35-77(36-24-69)123-55-51-117-47-49-119-53-57-125-95(115)101-41-7-8-42-102-96(116)126-58-54-120-50-48-118-52-56-124-78-37-25-70(26-38-78)64-122-66-86(104-90(108)22-12-44-98-88-60-68(2)40-46-100-88)94(114)106-84(62-92(111)112)76-33-29-74(30-34-76)82-20-10-16-72-14-4-6-18-80(72)82/h3-6,9-10,13-20,23-40,45-46,59-60,83-86H,7-8,11-12,21-22,41-44,47-58,61-66H2,1-2H3,(H,97,99)(H,98,100)(H,101,115)(H,102,116)(H,103,107)(H,104,108)(H,105,113)(H,106,114)(H,109,110)(H,111,112)/t83?,84?,85-,86-/m0/s1. The molecule has 6 amide bonds. The zero-order valence-corrected chi connectivity index (χ0v) is 71.0. The number of carboxylic acid groups (broad SMARTS) is 2. The van der Waals surface area contributed by atoms with Gasteiger partial charge in [-0.1, -0.05) is 158 Å². The summed E-state index contributed by atoms with van der Waals surface area (Å²) in [5, 5.41) is 47.4. The fourth-order valence-electron chi connectivity index (χ4n) is 13.4. The maximum atomic E-state index is 14.1. The van der Waals surface area contributed by atoms with Gasteiger partial charge in [-0.15, -0.1) is 0 Å². The molecule has 0 saturated carbocycles. The van der Waals surface area contributed by atoms with Crippen molar-refractivity contribution in [3.05, 3.63) is 252 Å². The number of carbonyl (C=O) groups excluding carboxylic acids is 6. The highest BCUT2D eigenvalue weighted by Gasteiger charge is 2.29. The van der Waals surface area contributed by atoms with E-state index in [2.05, 4.69) is 52.5 Å². The number of ether oxygens (including phenoxy) is 10. The van der Waals surface area contributed by atoms with Crippen molar-refractivity contribution < 1.29 is 95.9 Å². The van der Waals surface area contributed by atoms with Crippen molar-refractivity contribution in [1.82, 2.24) is 41.9 Å². The number of fused-ring (bicyclic) bond motifs is 2. The van der Waals surface area contributed by atoms with E-state index in [-0.39, 0.29) is 130 Å². The molecule has 0 aliphatic heterocycles. The van der Waals surface area contributed by atoms with Crippen LogP contribution in [0.5, 0.6) is 11.5 Å². The molecule has 2 unspecified atom stereocenters. The number of hydrogen-bond acceptors (Lipinski definition) is 22. The first kappa shape index (κ1) is 95.1.